The molecular formula is C15H15N3OS2. The third-order valence-corrected chi connectivity index (χ3v) is 4.50. The summed E-state index contributed by atoms with van der Waals surface area (Å²) < 4.78 is 9.35. The number of anilines is 2. The van der Waals surface area contributed by atoms with E-state index in [0.29, 0.717) is 6.61 Å². The molecule has 0 aliphatic heterocycles. The molecule has 0 radical (unpaired) electrons. The maximum atomic E-state index is 5.04. The summed E-state index contributed by atoms with van der Waals surface area (Å²) in [6.45, 7) is 0.643. The van der Waals surface area contributed by atoms with Gasteiger partial charge in [-0.3, -0.25) is 0 Å². The summed E-state index contributed by atoms with van der Waals surface area (Å²) in [5, 5.41) is 6.21. The second-order valence-corrected chi connectivity index (χ2v) is 6.14. The highest BCUT2D eigenvalue weighted by Crippen LogP contribution is 2.28. The SMILES string of the molecule is COCCc1nsc(Nc2cccc(-c3cccs3)c2)n1. The average Bonchev–Trinajstić information content (AvgIpc) is 3.17. The predicted octanol–water partition coefficient (Wildman–Crippen LogP) is 4.20. The van der Waals surface area contributed by atoms with Crippen LogP contribution in [0.3, 0.4) is 0 Å². The summed E-state index contributed by atoms with van der Waals surface area (Å²) in [6, 6.07) is 12.5. The first-order chi connectivity index (χ1) is 10.3. The van der Waals surface area contributed by atoms with Crippen LogP contribution in [-0.4, -0.2) is 23.1 Å². The van der Waals surface area contributed by atoms with Gasteiger partial charge >= 0.3 is 0 Å². The molecule has 0 aliphatic rings. The quantitative estimate of drug-likeness (QED) is 0.740. The van der Waals surface area contributed by atoms with E-state index in [1.54, 1.807) is 18.4 Å². The summed E-state index contributed by atoms with van der Waals surface area (Å²) in [7, 11) is 1.68. The summed E-state index contributed by atoms with van der Waals surface area (Å²) in [6.07, 6.45) is 0.740. The third kappa shape index (κ3) is 3.66. The van der Waals surface area contributed by atoms with E-state index in [-0.39, 0.29) is 0 Å². The number of thiophene rings is 1. The number of methoxy groups -OCH3 is 1. The number of hydrogen-bond acceptors (Lipinski definition) is 6. The van der Waals surface area contributed by atoms with E-state index in [1.807, 2.05) is 12.1 Å². The first-order valence-electron chi connectivity index (χ1n) is 6.57. The molecule has 0 aliphatic carbocycles. The van der Waals surface area contributed by atoms with Gasteiger partial charge in [-0.2, -0.15) is 4.37 Å². The van der Waals surface area contributed by atoms with Crippen molar-refractivity contribution in [1.29, 1.82) is 0 Å². The minimum Gasteiger partial charge on any atom is -0.384 e. The van der Waals surface area contributed by atoms with Crippen molar-refractivity contribution in [2.24, 2.45) is 0 Å². The van der Waals surface area contributed by atoms with Gasteiger partial charge in [0, 0.05) is 35.6 Å². The Balaban J connectivity index is 1.73. The molecule has 0 spiro atoms. The Morgan fingerprint density at radius 1 is 1.24 bits per heavy atom. The lowest BCUT2D eigenvalue weighted by molar-refractivity contribution is 0.201. The van der Waals surface area contributed by atoms with Crippen LogP contribution in [0, 0.1) is 0 Å². The Morgan fingerprint density at radius 2 is 2.19 bits per heavy atom. The Kier molecular flexibility index (Phi) is 4.59. The zero-order valence-electron chi connectivity index (χ0n) is 11.6. The molecule has 21 heavy (non-hydrogen) atoms. The molecule has 4 nitrogen and oxygen atoms in total. The van der Waals surface area contributed by atoms with Crippen LogP contribution in [0.25, 0.3) is 10.4 Å². The van der Waals surface area contributed by atoms with Crippen LogP contribution in [-0.2, 0) is 11.2 Å². The number of rotatable bonds is 6. The molecule has 108 valence electrons. The van der Waals surface area contributed by atoms with Gasteiger partial charge in [0.1, 0.15) is 5.82 Å². The number of ether oxygens (including phenoxy) is 1. The van der Waals surface area contributed by atoms with Gasteiger partial charge < -0.3 is 10.1 Å². The van der Waals surface area contributed by atoms with Crippen molar-refractivity contribution in [2.45, 2.75) is 6.42 Å². The van der Waals surface area contributed by atoms with E-state index < -0.39 is 0 Å². The van der Waals surface area contributed by atoms with Gasteiger partial charge in [-0.05, 0) is 29.1 Å². The fourth-order valence-corrected chi connectivity index (χ4v) is 3.27. The first kappa shape index (κ1) is 14.2. The minimum absolute atomic E-state index is 0.643. The van der Waals surface area contributed by atoms with Crippen LogP contribution < -0.4 is 5.32 Å². The molecule has 0 atom stereocenters. The van der Waals surface area contributed by atoms with Gasteiger partial charge in [-0.1, -0.05) is 18.2 Å². The Hall–Kier alpha value is -1.76. The maximum Gasteiger partial charge on any atom is 0.207 e. The van der Waals surface area contributed by atoms with E-state index in [9.17, 15) is 0 Å². The van der Waals surface area contributed by atoms with Crippen molar-refractivity contribution >= 4 is 33.7 Å². The molecule has 0 amide bonds. The summed E-state index contributed by atoms with van der Waals surface area (Å²) in [4.78, 5) is 5.72. The molecule has 2 heterocycles. The van der Waals surface area contributed by atoms with Crippen LogP contribution in [0.15, 0.2) is 41.8 Å². The number of benzene rings is 1. The molecule has 0 bridgehead atoms. The van der Waals surface area contributed by atoms with E-state index in [1.165, 1.54) is 22.0 Å². The molecule has 3 rings (SSSR count). The van der Waals surface area contributed by atoms with E-state index in [0.717, 1.165) is 23.1 Å². The third-order valence-electron chi connectivity index (χ3n) is 2.92. The van der Waals surface area contributed by atoms with E-state index >= 15 is 0 Å². The van der Waals surface area contributed by atoms with Crippen molar-refractivity contribution in [1.82, 2.24) is 9.36 Å². The summed E-state index contributed by atoms with van der Waals surface area (Å²) in [5.41, 5.74) is 2.23. The summed E-state index contributed by atoms with van der Waals surface area (Å²) >= 11 is 3.11. The minimum atomic E-state index is 0.643. The highest BCUT2D eigenvalue weighted by Gasteiger charge is 2.05. The van der Waals surface area contributed by atoms with Crippen molar-refractivity contribution in [3.05, 3.63) is 47.6 Å². The molecule has 0 saturated carbocycles. The van der Waals surface area contributed by atoms with Crippen LogP contribution in [0.4, 0.5) is 10.8 Å². The molecular weight excluding hydrogens is 302 g/mol. The predicted molar refractivity (Wildman–Crippen MR) is 88.5 cm³/mol. The second kappa shape index (κ2) is 6.80. The lowest BCUT2D eigenvalue weighted by atomic mass is 10.2. The van der Waals surface area contributed by atoms with Crippen LogP contribution in [0.2, 0.25) is 0 Å². The summed E-state index contributed by atoms with van der Waals surface area (Å²) in [5.74, 6) is 0.818. The number of nitrogens with zero attached hydrogens (tertiary/aromatic N) is 2. The lowest BCUT2D eigenvalue weighted by Crippen LogP contribution is -1.96. The van der Waals surface area contributed by atoms with Crippen molar-refractivity contribution in [3.63, 3.8) is 0 Å². The second-order valence-electron chi connectivity index (χ2n) is 4.44. The van der Waals surface area contributed by atoms with E-state index in [4.69, 9.17) is 4.74 Å². The fourth-order valence-electron chi connectivity index (χ4n) is 1.92. The smallest absolute Gasteiger partial charge is 0.207 e. The molecule has 1 aromatic carbocycles. The highest BCUT2D eigenvalue weighted by atomic mass is 32.1. The normalized spacial score (nSPS) is 10.7. The van der Waals surface area contributed by atoms with Crippen LogP contribution in [0.1, 0.15) is 5.82 Å². The van der Waals surface area contributed by atoms with Gasteiger partial charge in [0.25, 0.3) is 0 Å². The largest absolute Gasteiger partial charge is 0.384 e. The Labute approximate surface area is 131 Å². The Bertz CT molecular complexity index is 695. The number of nitrogens with one attached hydrogen (secondary N) is 1. The van der Waals surface area contributed by atoms with Gasteiger partial charge in [-0.15, -0.1) is 11.3 Å². The molecule has 0 fully saturated rings. The maximum absolute atomic E-state index is 5.04. The molecule has 3 aromatic rings. The molecule has 1 N–H and O–H groups in total. The first-order valence-corrected chi connectivity index (χ1v) is 8.23. The lowest BCUT2D eigenvalue weighted by Gasteiger charge is -2.04. The molecule has 6 heteroatoms. The van der Waals surface area contributed by atoms with Crippen molar-refractivity contribution in [2.75, 3.05) is 19.0 Å². The highest BCUT2D eigenvalue weighted by molar-refractivity contribution is 7.13. The number of aromatic nitrogens is 2. The van der Waals surface area contributed by atoms with Gasteiger partial charge in [0.15, 0.2) is 0 Å². The van der Waals surface area contributed by atoms with Crippen LogP contribution in [0.5, 0.6) is 0 Å². The average molecular weight is 317 g/mol. The monoisotopic (exact) mass is 317 g/mol. The number of hydrogen-bond donors (Lipinski definition) is 1. The standard InChI is InChI=1S/C15H15N3OS2/c1-19-8-7-14-17-15(21-18-14)16-12-5-2-4-11(10-12)13-6-3-9-20-13/h2-6,9-10H,7-8H2,1H3,(H,16,17,18). The van der Waals surface area contributed by atoms with Gasteiger partial charge in [0.2, 0.25) is 5.13 Å². The van der Waals surface area contributed by atoms with Gasteiger partial charge in [0.05, 0.1) is 6.61 Å². The zero-order valence-corrected chi connectivity index (χ0v) is 13.2. The topological polar surface area (TPSA) is 47.0 Å². The van der Waals surface area contributed by atoms with Crippen molar-refractivity contribution in [3.8, 4) is 10.4 Å². The molecule has 0 unspecified atom stereocenters. The van der Waals surface area contributed by atoms with Crippen LogP contribution >= 0.6 is 22.9 Å². The molecule has 0 saturated heterocycles. The van der Waals surface area contributed by atoms with E-state index in [2.05, 4.69) is 44.3 Å². The van der Waals surface area contributed by atoms with Crippen molar-refractivity contribution < 1.29 is 4.74 Å². The Morgan fingerprint density at radius 3 is 3.00 bits per heavy atom. The zero-order chi connectivity index (χ0) is 14.5. The van der Waals surface area contributed by atoms with Gasteiger partial charge in [-0.25, -0.2) is 4.98 Å². The fraction of sp³-hybridized carbons (Fsp3) is 0.200. The molecule has 2 aromatic heterocycles.